The van der Waals surface area contributed by atoms with E-state index in [9.17, 15) is 4.79 Å². The maximum Gasteiger partial charge on any atom is 0.304 e. The number of nitrogens with zero attached hydrogens (tertiary/aromatic N) is 1. The van der Waals surface area contributed by atoms with Gasteiger partial charge in [-0.3, -0.25) is 9.69 Å². The zero-order valence-electron chi connectivity index (χ0n) is 12.7. The smallest absolute Gasteiger partial charge is 0.304 e. The first-order valence-electron chi connectivity index (χ1n) is 7.30. The predicted molar refractivity (Wildman–Crippen MR) is 78.6 cm³/mol. The maximum atomic E-state index is 10.8. The summed E-state index contributed by atoms with van der Waals surface area (Å²) in [5.74, 6) is -0.335. The molecule has 1 fully saturated rings. The Morgan fingerprint density at radius 1 is 1.43 bits per heavy atom. The van der Waals surface area contributed by atoms with Crippen LogP contribution in [0.2, 0.25) is 0 Å². The van der Waals surface area contributed by atoms with Crippen molar-refractivity contribution in [3.8, 4) is 0 Å². The zero-order chi connectivity index (χ0) is 15.1. The maximum absolute atomic E-state index is 10.8. The topological polar surface area (TPSA) is 48.0 Å². The van der Waals surface area contributed by atoms with Crippen LogP contribution in [0.1, 0.15) is 19.4 Å². The van der Waals surface area contributed by atoms with Gasteiger partial charge in [-0.05, 0) is 12.5 Å². The van der Waals surface area contributed by atoms with Crippen molar-refractivity contribution in [1.29, 1.82) is 0 Å². The molecule has 116 valence electrons. The van der Waals surface area contributed by atoms with E-state index in [2.05, 4.69) is 29.2 Å². The summed E-state index contributed by atoms with van der Waals surface area (Å²) in [7, 11) is 0. The Hall–Kier alpha value is -1.43. The molecule has 1 saturated heterocycles. The lowest BCUT2D eigenvalue weighted by molar-refractivity contribution is -0.182. The van der Waals surface area contributed by atoms with E-state index in [1.54, 1.807) is 6.92 Å². The Morgan fingerprint density at radius 3 is 2.90 bits per heavy atom. The van der Waals surface area contributed by atoms with Gasteiger partial charge in [0, 0.05) is 26.6 Å². The lowest BCUT2D eigenvalue weighted by Gasteiger charge is -2.33. The van der Waals surface area contributed by atoms with Gasteiger partial charge in [0.1, 0.15) is 0 Å². The van der Waals surface area contributed by atoms with Crippen molar-refractivity contribution in [2.75, 3.05) is 26.3 Å². The van der Waals surface area contributed by atoms with Gasteiger partial charge >= 0.3 is 5.97 Å². The van der Waals surface area contributed by atoms with Crippen molar-refractivity contribution in [3.63, 3.8) is 0 Å². The van der Waals surface area contributed by atoms with Crippen LogP contribution in [-0.4, -0.2) is 49.6 Å². The van der Waals surface area contributed by atoms with E-state index in [-0.39, 0.29) is 12.1 Å². The SMILES string of the molecule is CC(=O)OC(C)OCC1CN(Cc2ccccc2)CCO1. The third-order valence-corrected chi connectivity index (χ3v) is 3.32. The number of hydrogen-bond acceptors (Lipinski definition) is 5. The van der Waals surface area contributed by atoms with Crippen molar-refractivity contribution < 1.29 is 19.0 Å². The molecule has 21 heavy (non-hydrogen) atoms. The highest BCUT2D eigenvalue weighted by Gasteiger charge is 2.21. The molecular formula is C16H23NO4. The summed E-state index contributed by atoms with van der Waals surface area (Å²) >= 11 is 0. The van der Waals surface area contributed by atoms with Crippen LogP contribution in [0.4, 0.5) is 0 Å². The van der Waals surface area contributed by atoms with Crippen LogP contribution in [0.3, 0.4) is 0 Å². The summed E-state index contributed by atoms with van der Waals surface area (Å²) in [6.07, 6.45) is -0.518. The Kier molecular flexibility index (Phi) is 6.17. The third kappa shape index (κ3) is 5.83. The Balaban J connectivity index is 1.74. The van der Waals surface area contributed by atoms with E-state index in [0.29, 0.717) is 13.2 Å². The molecule has 0 amide bonds. The fourth-order valence-electron chi connectivity index (χ4n) is 2.38. The Labute approximate surface area is 125 Å². The molecule has 2 atom stereocenters. The first-order valence-corrected chi connectivity index (χ1v) is 7.30. The van der Waals surface area contributed by atoms with Crippen LogP contribution in [0.25, 0.3) is 0 Å². The molecule has 1 heterocycles. The molecule has 5 nitrogen and oxygen atoms in total. The molecule has 5 heteroatoms. The number of rotatable bonds is 6. The van der Waals surface area contributed by atoms with Gasteiger partial charge in [-0.1, -0.05) is 30.3 Å². The second kappa shape index (κ2) is 8.12. The highest BCUT2D eigenvalue weighted by molar-refractivity contribution is 5.65. The highest BCUT2D eigenvalue weighted by Crippen LogP contribution is 2.11. The van der Waals surface area contributed by atoms with Crippen molar-refractivity contribution in [1.82, 2.24) is 4.90 Å². The quantitative estimate of drug-likeness (QED) is 0.591. The number of hydrogen-bond donors (Lipinski definition) is 0. The fraction of sp³-hybridized carbons (Fsp3) is 0.562. The minimum absolute atomic E-state index is 0.0143. The van der Waals surface area contributed by atoms with Gasteiger partial charge in [0.15, 0.2) is 6.29 Å². The van der Waals surface area contributed by atoms with Crippen molar-refractivity contribution >= 4 is 5.97 Å². The molecule has 0 aromatic heterocycles. The minimum atomic E-state index is -0.532. The number of esters is 1. The average molecular weight is 293 g/mol. The standard InChI is InChI=1S/C16H23NO4/c1-13(18)21-14(2)20-12-16-11-17(8-9-19-16)10-15-6-4-3-5-7-15/h3-7,14,16H,8-12H2,1-2H3. The first-order chi connectivity index (χ1) is 10.1. The second-order valence-corrected chi connectivity index (χ2v) is 5.22. The summed E-state index contributed by atoms with van der Waals surface area (Å²) in [5.41, 5.74) is 1.30. The lowest BCUT2D eigenvalue weighted by atomic mass is 10.2. The van der Waals surface area contributed by atoms with Crippen molar-refractivity contribution in [3.05, 3.63) is 35.9 Å². The van der Waals surface area contributed by atoms with Crippen LogP contribution in [0, 0.1) is 0 Å². The van der Waals surface area contributed by atoms with E-state index >= 15 is 0 Å². The lowest BCUT2D eigenvalue weighted by Crippen LogP contribution is -2.44. The van der Waals surface area contributed by atoms with E-state index in [1.807, 2.05) is 6.07 Å². The summed E-state index contributed by atoms with van der Waals surface area (Å²) in [6, 6.07) is 10.4. The van der Waals surface area contributed by atoms with Crippen LogP contribution in [0.5, 0.6) is 0 Å². The number of benzene rings is 1. The van der Waals surface area contributed by atoms with Gasteiger partial charge in [0.25, 0.3) is 0 Å². The van der Waals surface area contributed by atoms with Crippen LogP contribution < -0.4 is 0 Å². The molecule has 1 aromatic carbocycles. The van der Waals surface area contributed by atoms with Crippen molar-refractivity contribution in [2.24, 2.45) is 0 Å². The second-order valence-electron chi connectivity index (χ2n) is 5.22. The number of carbonyl (C=O) groups is 1. The molecule has 1 aliphatic heterocycles. The summed E-state index contributed by atoms with van der Waals surface area (Å²) in [5, 5.41) is 0. The summed E-state index contributed by atoms with van der Waals surface area (Å²) in [6.45, 7) is 6.87. The minimum Gasteiger partial charge on any atom is -0.436 e. The monoisotopic (exact) mass is 293 g/mol. The van der Waals surface area contributed by atoms with Gasteiger partial charge in [0.2, 0.25) is 0 Å². The van der Waals surface area contributed by atoms with Gasteiger partial charge in [-0.15, -0.1) is 0 Å². The zero-order valence-corrected chi connectivity index (χ0v) is 12.7. The number of ether oxygens (including phenoxy) is 3. The molecule has 0 spiro atoms. The highest BCUT2D eigenvalue weighted by atomic mass is 16.7. The molecule has 0 bridgehead atoms. The average Bonchev–Trinajstić information content (AvgIpc) is 2.46. The van der Waals surface area contributed by atoms with Crippen LogP contribution in [0.15, 0.2) is 30.3 Å². The van der Waals surface area contributed by atoms with E-state index in [1.165, 1.54) is 12.5 Å². The summed E-state index contributed by atoms with van der Waals surface area (Å²) in [4.78, 5) is 13.2. The van der Waals surface area contributed by atoms with Crippen LogP contribution in [-0.2, 0) is 25.5 Å². The van der Waals surface area contributed by atoms with Gasteiger partial charge in [-0.2, -0.15) is 0 Å². The molecule has 0 radical (unpaired) electrons. The molecule has 2 rings (SSSR count). The molecule has 2 unspecified atom stereocenters. The fourth-order valence-corrected chi connectivity index (χ4v) is 2.38. The summed E-state index contributed by atoms with van der Waals surface area (Å²) < 4.78 is 16.1. The largest absolute Gasteiger partial charge is 0.436 e. The van der Waals surface area contributed by atoms with E-state index in [0.717, 1.165) is 19.6 Å². The predicted octanol–water partition coefficient (Wildman–Crippen LogP) is 1.81. The Bertz CT molecular complexity index is 437. The molecule has 0 saturated carbocycles. The van der Waals surface area contributed by atoms with Gasteiger partial charge < -0.3 is 14.2 Å². The first kappa shape index (κ1) is 15.9. The Morgan fingerprint density at radius 2 is 2.19 bits per heavy atom. The molecule has 0 aliphatic carbocycles. The van der Waals surface area contributed by atoms with E-state index in [4.69, 9.17) is 14.2 Å². The van der Waals surface area contributed by atoms with Gasteiger partial charge in [-0.25, -0.2) is 0 Å². The molecule has 1 aromatic rings. The normalized spacial score (nSPS) is 21.0. The molecular weight excluding hydrogens is 270 g/mol. The number of morpholine rings is 1. The number of carbonyl (C=O) groups excluding carboxylic acids is 1. The van der Waals surface area contributed by atoms with E-state index < -0.39 is 6.29 Å². The van der Waals surface area contributed by atoms with Crippen LogP contribution >= 0.6 is 0 Å². The van der Waals surface area contributed by atoms with Crippen molar-refractivity contribution in [2.45, 2.75) is 32.8 Å². The van der Waals surface area contributed by atoms with Gasteiger partial charge in [0.05, 0.1) is 19.3 Å². The molecule has 0 N–H and O–H groups in total. The third-order valence-electron chi connectivity index (χ3n) is 3.32. The molecule has 1 aliphatic rings.